The summed E-state index contributed by atoms with van der Waals surface area (Å²) in [5, 5.41) is 17.4. The summed E-state index contributed by atoms with van der Waals surface area (Å²) in [6.07, 6.45) is 0. The molecule has 0 saturated carbocycles. The number of hydrogen-bond acceptors (Lipinski definition) is 4. The molecule has 1 aromatic rings. The highest BCUT2D eigenvalue weighted by molar-refractivity contribution is 5.95. The maximum atomic E-state index is 11.3. The molecule has 0 aliphatic carbocycles. The molecule has 1 aromatic heterocycles. The zero-order valence-electron chi connectivity index (χ0n) is 11.0. The molecule has 0 amide bonds. The summed E-state index contributed by atoms with van der Waals surface area (Å²) < 4.78 is 0. The summed E-state index contributed by atoms with van der Waals surface area (Å²) in [5.41, 5.74) is 1.60. The number of aryl methyl sites for hydroxylation is 1. The maximum absolute atomic E-state index is 11.3. The number of carbonyl (C=O) groups is 1. The number of carboxylic acid groups (broad SMARTS) is 1. The molecule has 17 heavy (non-hydrogen) atoms. The molecule has 1 rings (SSSR count). The first-order chi connectivity index (χ1) is 7.90. The first-order valence-electron chi connectivity index (χ1n) is 5.73. The van der Waals surface area contributed by atoms with Crippen LogP contribution in [-0.2, 0) is 0 Å². The molecule has 0 aliphatic heterocycles. The van der Waals surface area contributed by atoms with Crippen LogP contribution in [0.15, 0.2) is 0 Å². The Morgan fingerprint density at radius 1 is 1.35 bits per heavy atom. The van der Waals surface area contributed by atoms with Gasteiger partial charge < -0.3 is 10.0 Å². The van der Waals surface area contributed by atoms with Crippen LogP contribution < -0.4 is 4.90 Å². The molecule has 0 fully saturated rings. The minimum Gasteiger partial charge on any atom is -0.478 e. The zero-order valence-corrected chi connectivity index (χ0v) is 11.0. The first-order valence-corrected chi connectivity index (χ1v) is 5.73. The molecule has 5 nitrogen and oxygen atoms in total. The second kappa shape index (κ2) is 5.12. The fourth-order valence-electron chi connectivity index (χ4n) is 1.81. The Balaban J connectivity index is 3.42. The van der Waals surface area contributed by atoms with Crippen LogP contribution in [-0.4, -0.2) is 33.9 Å². The molecular formula is C12H19N3O2. The number of aromatic nitrogens is 2. The van der Waals surface area contributed by atoms with E-state index in [1.807, 2.05) is 25.7 Å². The van der Waals surface area contributed by atoms with E-state index in [2.05, 4.69) is 10.2 Å². The van der Waals surface area contributed by atoms with Crippen molar-refractivity contribution in [3.05, 3.63) is 16.8 Å². The molecule has 0 unspecified atom stereocenters. The van der Waals surface area contributed by atoms with Crippen LogP contribution in [0.25, 0.3) is 0 Å². The second-order valence-electron chi connectivity index (χ2n) is 4.29. The number of carboxylic acids is 1. The third kappa shape index (κ3) is 2.54. The average molecular weight is 237 g/mol. The number of nitrogens with zero attached hydrogens (tertiary/aromatic N) is 3. The van der Waals surface area contributed by atoms with E-state index in [-0.39, 0.29) is 11.6 Å². The molecule has 1 heterocycles. The Labute approximate surface area is 101 Å². The predicted molar refractivity (Wildman–Crippen MR) is 66.6 cm³/mol. The summed E-state index contributed by atoms with van der Waals surface area (Å²) in [5.74, 6) is -0.493. The molecule has 1 N–H and O–H groups in total. The summed E-state index contributed by atoms with van der Waals surface area (Å²) in [6, 6.07) is 0.189. The SMILES string of the molecule is CCN(c1nnc(C)c(C)c1C(=O)O)C(C)C. The zero-order chi connectivity index (χ0) is 13.2. The normalized spacial score (nSPS) is 10.7. The highest BCUT2D eigenvalue weighted by Gasteiger charge is 2.22. The smallest absolute Gasteiger partial charge is 0.339 e. The topological polar surface area (TPSA) is 66.3 Å². The van der Waals surface area contributed by atoms with Crippen molar-refractivity contribution in [3.63, 3.8) is 0 Å². The van der Waals surface area contributed by atoms with Gasteiger partial charge in [-0.2, -0.15) is 5.10 Å². The number of anilines is 1. The fourth-order valence-corrected chi connectivity index (χ4v) is 1.81. The van der Waals surface area contributed by atoms with Gasteiger partial charge in [-0.15, -0.1) is 5.10 Å². The van der Waals surface area contributed by atoms with Crippen molar-refractivity contribution in [3.8, 4) is 0 Å². The van der Waals surface area contributed by atoms with Crippen molar-refractivity contribution in [2.45, 2.75) is 40.7 Å². The minimum atomic E-state index is -0.949. The van der Waals surface area contributed by atoms with Gasteiger partial charge in [0.15, 0.2) is 5.82 Å². The Hall–Kier alpha value is -1.65. The molecule has 5 heteroatoms. The molecule has 0 aromatic carbocycles. The first kappa shape index (κ1) is 13.4. The van der Waals surface area contributed by atoms with Crippen molar-refractivity contribution < 1.29 is 9.90 Å². The van der Waals surface area contributed by atoms with E-state index in [9.17, 15) is 9.90 Å². The van der Waals surface area contributed by atoms with E-state index >= 15 is 0 Å². The van der Waals surface area contributed by atoms with Crippen molar-refractivity contribution in [1.29, 1.82) is 0 Å². The third-order valence-electron chi connectivity index (χ3n) is 2.89. The molecule has 0 bridgehead atoms. The van der Waals surface area contributed by atoms with Crippen LogP contribution >= 0.6 is 0 Å². The van der Waals surface area contributed by atoms with E-state index in [0.717, 1.165) is 0 Å². The van der Waals surface area contributed by atoms with Gasteiger partial charge >= 0.3 is 5.97 Å². The van der Waals surface area contributed by atoms with E-state index in [4.69, 9.17) is 0 Å². The molecule has 0 saturated heterocycles. The van der Waals surface area contributed by atoms with Crippen LogP contribution in [0.1, 0.15) is 42.4 Å². The van der Waals surface area contributed by atoms with Gasteiger partial charge in [-0.05, 0) is 40.2 Å². The van der Waals surface area contributed by atoms with Crippen molar-refractivity contribution in [2.75, 3.05) is 11.4 Å². The molecule has 0 spiro atoms. The van der Waals surface area contributed by atoms with Gasteiger partial charge in [0.1, 0.15) is 5.56 Å². The maximum Gasteiger partial charge on any atom is 0.339 e. The Bertz CT molecular complexity index is 430. The predicted octanol–water partition coefficient (Wildman–Crippen LogP) is 2.03. The second-order valence-corrected chi connectivity index (χ2v) is 4.29. The third-order valence-corrected chi connectivity index (χ3v) is 2.89. The molecule has 0 aliphatic rings. The van der Waals surface area contributed by atoms with Gasteiger partial charge in [0.2, 0.25) is 0 Å². The van der Waals surface area contributed by atoms with Crippen LogP contribution in [0.4, 0.5) is 5.82 Å². The highest BCUT2D eigenvalue weighted by Crippen LogP contribution is 2.23. The van der Waals surface area contributed by atoms with E-state index in [1.165, 1.54) is 0 Å². The molecule has 94 valence electrons. The Morgan fingerprint density at radius 3 is 2.35 bits per heavy atom. The summed E-state index contributed by atoms with van der Waals surface area (Å²) >= 11 is 0. The van der Waals surface area contributed by atoms with Gasteiger partial charge in [0.25, 0.3) is 0 Å². The Kier molecular flexibility index (Phi) is 4.04. The molecule has 0 radical (unpaired) electrons. The van der Waals surface area contributed by atoms with Gasteiger partial charge in [0, 0.05) is 12.6 Å². The average Bonchev–Trinajstić information content (AvgIpc) is 2.23. The largest absolute Gasteiger partial charge is 0.478 e. The fraction of sp³-hybridized carbons (Fsp3) is 0.583. The van der Waals surface area contributed by atoms with E-state index in [0.29, 0.717) is 23.6 Å². The van der Waals surface area contributed by atoms with Gasteiger partial charge in [-0.25, -0.2) is 4.79 Å². The number of hydrogen-bond donors (Lipinski definition) is 1. The van der Waals surface area contributed by atoms with E-state index < -0.39 is 5.97 Å². The molecule has 0 atom stereocenters. The Morgan fingerprint density at radius 2 is 1.94 bits per heavy atom. The lowest BCUT2D eigenvalue weighted by atomic mass is 10.1. The van der Waals surface area contributed by atoms with Gasteiger partial charge in [0.05, 0.1) is 5.69 Å². The van der Waals surface area contributed by atoms with Crippen molar-refractivity contribution in [2.24, 2.45) is 0 Å². The monoisotopic (exact) mass is 237 g/mol. The van der Waals surface area contributed by atoms with Crippen LogP contribution in [0.3, 0.4) is 0 Å². The lowest BCUT2D eigenvalue weighted by Gasteiger charge is -2.27. The quantitative estimate of drug-likeness (QED) is 0.867. The molecular weight excluding hydrogens is 218 g/mol. The number of aromatic carboxylic acids is 1. The minimum absolute atomic E-state index is 0.189. The van der Waals surface area contributed by atoms with Crippen molar-refractivity contribution >= 4 is 11.8 Å². The number of rotatable bonds is 4. The lowest BCUT2D eigenvalue weighted by molar-refractivity contribution is 0.0696. The van der Waals surface area contributed by atoms with Gasteiger partial charge in [-0.3, -0.25) is 0 Å². The summed E-state index contributed by atoms with van der Waals surface area (Å²) in [6.45, 7) is 10.2. The van der Waals surface area contributed by atoms with Crippen molar-refractivity contribution in [1.82, 2.24) is 10.2 Å². The lowest BCUT2D eigenvalue weighted by Crippen LogP contribution is -2.33. The summed E-state index contributed by atoms with van der Waals surface area (Å²) in [7, 11) is 0. The highest BCUT2D eigenvalue weighted by atomic mass is 16.4. The van der Waals surface area contributed by atoms with Crippen LogP contribution in [0, 0.1) is 13.8 Å². The van der Waals surface area contributed by atoms with Crippen LogP contribution in [0.5, 0.6) is 0 Å². The van der Waals surface area contributed by atoms with E-state index in [1.54, 1.807) is 13.8 Å². The summed E-state index contributed by atoms with van der Waals surface area (Å²) in [4.78, 5) is 13.3. The standard InChI is InChI=1S/C12H19N3O2/c1-6-15(7(2)3)11-10(12(16)17)8(4)9(5)13-14-11/h7H,6H2,1-5H3,(H,16,17). The van der Waals surface area contributed by atoms with Crippen LogP contribution in [0.2, 0.25) is 0 Å². The van der Waals surface area contributed by atoms with Gasteiger partial charge in [-0.1, -0.05) is 0 Å².